The zero-order valence-corrected chi connectivity index (χ0v) is 22.4. The number of thioether (sulfide) groups is 1. The van der Waals surface area contributed by atoms with Crippen molar-refractivity contribution < 1.29 is 32.3 Å². The Kier molecular flexibility index (Phi) is 8.49. The Labute approximate surface area is 232 Å². The minimum atomic E-state index is -4.58. The topological polar surface area (TPSA) is 75.7 Å². The summed E-state index contributed by atoms with van der Waals surface area (Å²) in [7, 11) is 0. The summed E-state index contributed by atoms with van der Waals surface area (Å²) in [6.45, 7) is -0.393. The zero-order chi connectivity index (χ0) is 27.4. The second-order valence-electron chi connectivity index (χ2n) is 7.96. The fourth-order valence-corrected chi connectivity index (χ4v) is 4.94. The first-order valence-corrected chi connectivity index (χ1v) is 12.9. The Morgan fingerprint density at radius 2 is 1.84 bits per heavy atom. The Bertz CT molecular complexity index is 1450. The number of benzene rings is 3. The lowest BCUT2D eigenvalue weighted by atomic mass is 10.2. The van der Waals surface area contributed by atoms with Crippen LogP contribution in [0.1, 0.15) is 16.7 Å². The van der Waals surface area contributed by atoms with Crippen LogP contribution in [0.4, 0.5) is 23.7 Å². The summed E-state index contributed by atoms with van der Waals surface area (Å²) in [4.78, 5) is 38.3. The number of imide groups is 1. The number of alkyl halides is 3. The molecule has 3 aromatic carbocycles. The van der Waals surface area contributed by atoms with Gasteiger partial charge in [-0.1, -0.05) is 41.9 Å². The fourth-order valence-electron chi connectivity index (χ4n) is 3.40. The summed E-state index contributed by atoms with van der Waals surface area (Å²) in [6, 6.07) is 16.4. The summed E-state index contributed by atoms with van der Waals surface area (Å²) in [5, 5.41) is 2.20. The molecule has 1 heterocycles. The number of rotatable bonds is 7. The highest BCUT2D eigenvalue weighted by Crippen LogP contribution is 2.35. The third-order valence-electron chi connectivity index (χ3n) is 5.24. The molecular weight excluding hydrogens is 609 g/mol. The molecule has 0 bridgehead atoms. The summed E-state index contributed by atoms with van der Waals surface area (Å²) in [5.41, 5.74) is 0.377. The Hall–Kier alpha value is -3.28. The molecule has 0 aromatic heterocycles. The van der Waals surface area contributed by atoms with Crippen molar-refractivity contribution in [2.24, 2.45) is 0 Å². The van der Waals surface area contributed by atoms with E-state index >= 15 is 0 Å². The van der Waals surface area contributed by atoms with Crippen LogP contribution >= 0.6 is 39.3 Å². The first-order chi connectivity index (χ1) is 18.0. The van der Waals surface area contributed by atoms with Crippen LogP contribution in [0, 0.1) is 0 Å². The quantitative estimate of drug-likeness (QED) is 0.278. The van der Waals surface area contributed by atoms with Crippen LogP contribution in [0.25, 0.3) is 6.08 Å². The minimum absolute atomic E-state index is 0.0958. The molecule has 1 aliphatic rings. The molecule has 3 aromatic rings. The van der Waals surface area contributed by atoms with Crippen LogP contribution in [0.2, 0.25) is 5.02 Å². The molecule has 0 spiro atoms. The molecule has 196 valence electrons. The van der Waals surface area contributed by atoms with Gasteiger partial charge in [-0.15, -0.1) is 0 Å². The highest BCUT2D eigenvalue weighted by atomic mass is 79.9. The van der Waals surface area contributed by atoms with Crippen molar-refractivity contribution in [2.75, 3.05) is 11.9 Å². The average Bonchev–Trinajstić information content (AvgIpc) is 3.11. The number of hydrogen-bond donors (Lipinski definition) is 1. The van der Waals surface area contributed by atoms with Crippen LogP contribution in [-0.4, -0.2) is 28.5 Å². The van der Waals surface area contributed by atoms with Crippen molar-refractivity contribution >= 4 is 68.1 Å². The largest absolute Gasteiger partial charge is 0.488 e. The molecule has 0 saturated carbocycles. The van der Waals surface area contributed by atoms with E-state index in [1.807, 2.05) is 18.2 Å². The van der Waals surface area contributed by atoms with Crippen LogP contribution in [0.5, 0.6) is 5.75 Å². The van der Waals surface area contributed by atoms with E-state index in [9.17, 15) is 27.6 Å². The van der Waals surface area contributed by atoms with E-state index in [-0.39, 0.29) is 17.2 Å². The molecule has 1 saturated heterocycles. The van der Waals surface area contributed by atoms with Gasteiger partial charge in [0.1, 0.15) is 18.9 Å². The number of carbonyl (C=O) groups is 3. The van der Waals surface area contributed by atoms with Gasteiger partial charge < -0.3 is 10.1 Å². The van der Waals surface area contributed by atoms with Crippen molar-refractivity contribution in [3.8, 4) is 5.75 Å². The van der Waals surface area contributed by atoms with E-state index in [4.69, 9.17) is 16.3 Å². The third-order valence-corrected chi connectivity index (χ3v) is 7.14. The number of halogens is 5. The number of ether oxygens (including phenoxy) is 1. The monoisotopic (exact) mass is 624 g/mol. The fraction of sp³-hybridized carbons (Fsp3) is 0.115. The second-order valence-corrected chi connectivity index (χ2v) is 10.2. The standard InChI is InChI=1S/C26H17BrClF3N2O4S/c27-19-10-15(8-9-21(19)37-14-16-4-1-2-7-20(16)28)11-22-24(35)33(25(36)38-22)13-23(34)32-18-6-3-5-17(12-18)26(29,30)31/h1-12H,13-14H2,(H,32,34)/b22-11-. The molecule has 1 N–H and O–H groups in total. The highest BCUT2D eigenvalue weighted by Gasteiger charge is 2.36. The van der Waals surface area contributed by atoms with E-state index in [2.05, 4.69) is 21.2 Å². The number of nitrogens with zero attached hydrogens (tertiary/aromatic N) is 1. The zero-order valence-electron chi connectivity index (χ0n) is 19.2. The number of hydrogen-bond acceptors (Lipinski definition) is 5. The van der Waals surface area contributed by atoms with Crippen molar-refractivity contribution in [3.63, 3.8) is 0 Å². The smallest absolute Gasteiger partial charge is 0.416 e. The van der Waals surface area contributed by atoms with Gasteiger partial charge in [-0.3, -0.25) is 19.3 Å². The number of anilines is 1. The first kappa shape index (κ1) is 27.7. The number of amides is 3. The van der Waals surface area contributed by atoms with Crippen LogP contribution in [-0.2, 0) is 22.4 Å². The van der Waals surface area contributed by atoms with E-state index in [1.165, 1.54) is 12.1 Å². The molecule has 0 radical (unpaired) electrons. The maximum Gasteiger partial charge on any atom is 0.416 e. The molecule has 0 unspecified atom stereocenters. The van der Waals surface area contributed by atoms with Gasteiger partial charge >= 0.3 is 6.18 Å². The van der Waals surface area contributed by atoms with Crippen molar-refractivity contribution in [1.29, 1.82) is 0 Å². The van der Waals surface area contributed by atoms with Crippen LogP contribution in [0.3, 0.4) is 0 Å². The maximum absolute atomic E-state index is 12.9. The highest BCUT2D eigenvalue weighted by molar-refractivity contribution is 9.10. The molecule has 6 nitrogen and oxygen atoms in total. The lowest BCUT2D eigenvalue weighted by Gasteiger charge is -2.13. The van der Waals surface area contributed by atoms with Crippen LogP contribution < -0.4 is 10.1 Å². The van der Waals surface area contributed by atoms with E-state index < -0.39 is 35.3 Å². The predicted octanol–water partition coefficient (Wildman–Crippen LogP) is 7.38. The van der Waals surface area contributed by atoms with E-state index in [0.29, 0.717) is 32.6 Å². The van der Waals surface area contributed by atoms with Gasteiger partial charge in [-0.25, -0.2) is 0 Å². The SMILES string of the molecule is O=C(CN1C(=O)S/C(=C\c2ccc(OCc3ccccc3Cl)c(Br)c2)C1=O)Nc1cccc(C(F)(F)F)c1. The number of carbonyl (C=O) groups excluding carboxylic acids is 3. The average molecular weight is 626 g/mol. The Balaban J connectivity index is 1.40. The molecule has 38 heavy (non-hydrogen) atoms. The molecule has 0 atom stereocenters. The number of nitrogens with one attached hydrogen (secondary N) is 1. The van der Waals surface area contributed by atoms with Crippen molar-refractivity contribution in [1.82, 2.24) is 4.90 Å². The van der Waals surface area contributed by atoms with Gasteiger partial charge in [0.05, 0.1) is 14.9 Å². The molecule has 4 rings (SSSR count). The van der Waals surface area contributed by atoms with Gasteiger partial charge in [0.25, 0.3) is 11.1 Å². The van der Waals surface area contributed by atoms with Gasteiger partial charge in [-0.2, -0.15) is 13.2 Å². The molecule has 1 aliphatic heterocycles. The van der Waals surface area contributed by atoms with Gasteiger partial charge in [0.15, 0.2) is 0 Å². The van der Waals surface area contributed by atoms with E-state index in [1.54, 1.807) is 24.3 Å². The minimum Gasteiger partial charge on any atom is -0.488 e. The summed E-state index contributed by atoms with van der Waals surface area (Å²) in [6.07, 6.45) is -3.08. The molecule has 3 amide bonds. The van der Waals surface area contributed by atoms with Crippen molar-refractivity contribution in [2.45, 2.75) is 12.8 Å². The van der Waals surface area contributed by atoms with Gasteiger partial charge in [0, 0.05) is 16.3 Å². The van der Waals surface area contributed by atoms with Gasteiger partial charge in [0.2, 0.25) is 5.91 Å². The van der Waals surface area contributed by atoms with Crippen molar-refractivity contribution in [3.05, 3.63) is 97.8 Å². The summed E-state index contributed by atoms with van der Waals surface area (Å²) in [5.74, 6) is -0.952. The molecule has 1 fully saturated rings. The Morgan fingerprint density at radius 1 is 1.08 bits per heavy atom. The molecular formula is C26H17BrClF3N2O4S. The normalized spacial score (nSPS) is 14.8. The van der Waals surface area contributed by atoms with Gasteiger partial charge in [-0.05, 0) is 75.7 Å². The summed E-state index contributed by atoms with van der Waals surface area (Å²) < 4.78 is 45.1. The second kappa shape index (κ2) is 11.6. The molecule has 12 heteroatoms. The van der Waals surface area contributed by atoms with Crippen LogP contribution in [0.15, 0.2) is 76.1 Å². The first-order valence-electron chi connectivity index (χ1n) is 10.9. The maximum atomic E-state index is 12.9. The third kappa shape index (κ3) is 6.77. The lowest BCUT2D eigenvalue weighted by Crippen LogP contribution is -2.36. The summed E-state index contributed by atoms with van der Waals surface area (Å²) >= 11 is 10.2. The predicted molar refractivity (Wildman–Crippen MR) is 143 cm³/mol. The van der Waals surface area contributed by atoms with E-state index in [0.717, 1.165) is 28.7 Å². The Morgan fingerprint density at radius 3 is 2.55 bits per heavy atom. The lowest BCUT2D eigenvalue weighted by molar-refractivity contribution is -0.137. The molecule has 0 aliphatic carbocycles.